The van der Waals surface area contributed by atoms with Crippen molar-refractivity contribution >= 4 is 11.5 Å². The number of allylic oxidation sites excluding steroid dienone is 1. The molecule has 0 radical (unpaired) electrons. The molecular weight excluding hydrogens is 294 g/mol. The number of aryl methyl sites for hydroxylation is 1. The molecule has 0 saturated heterocycles. The van der Waals surface area contributed by atoms with Crippen molar-refractivity contribution in [2.75, 3.05) is 19.5 Å². The SMILES string of the molecule is COc1ccc(C(=O)C=CNc2ccc(O)cc2C)cc1OC. The molecule has 0 aliphatic carbocycles. The number of rotatable bonds is 6. The van der Waals surface area contributed by atoms with Gasteiger partial charge in [0.1, 0.15) is 5.75 Å². The highest BCUT2D eigenvalue weighted by atomic mass is 16.5. The van der Waals surface area contributed by atoms with Crippen molar-refractivity contribution in [3.05, 3.63) is 59.8 Å². The highest BCUT2D eigenvalue weighted by Crippen LogP contribution is 2.27. The summed E-state index contributed by atoms with van der Waals surface area (Å²) < 4.78 is 10.3. The first-order chi connectivity index (χ1) is 11.0. The average molecular weight is 313 g/mol. The van der Waals surface area contributed by atoms with E-state index < -0.39 is 0 Å². The maximum atomic E-state index is 12.2. The van der Waals surface area contributed by atoms with Gasteiger partial charge in [-0.15, -0.1) is 0 Å². The van der Waals surface area contributed by atoms with Crippen LogP contribution >= 0.6 is 0 Å². The maximum Gasteiger partial charge on any atom is 0.187 e. The molecule has 0 unspecified atom stereocenters. The molecule has 5 nitrogen and oxygen atoms in total. The zero-order valence-corrected chi connectivity index (χ0v) is 13.3. The van der Waals surface area contributed by atoms with Crippen LogP contribution in [0.5, 0.6) is 17.2 Å². The van der Waals surface area contributed by atoms with Crippen LogP contribution < -0.4 is 14.8 Å². The van der Waals surface area contributed by atoms with Gasteiger partial charge in [0.15, 0.2) is 17.3 Å². The fourth-order valence-corrected chi connectivity index (χ4v) is 2.10. The number of ether oxygens (including phenoxy) is 2. The summed E-state index contributed by atoms with van der Waals surface area (Å²) in [4.78, 5) is 12.2. The lowest BCUT2D eigenvalue weighted by atomic mass is 10.1. The van der Waals surface area contributed by atoms with Crippen molar-refractivity contribution in [3.63, 3.8) is 0 Å². The summed E-state index contributed by atoms with van der Waals surface area (Å²) in [5, 5.41) is 12.4. The molecule has 120 valence electrons. The van der Waals surface area contributed by atoms with Gasteiger partial charge in [-0.3, -0.25) is 4.79 Å². The number of benzene rings is 2. The Morgan fingerprint density at radius 1 is 1.09 bits per heavy atom. The van der Waals surface area contributed by atoms with Gasteiger partial charge >= 0.3 is 0 Å². The number of nitrogens with one attached hydrogen (secondary N) is 1. The number of ketones is 1. The van der Waals surface area contributed by atoms with Gasteiger partial charge < -0.3 is 19.9 Å². The third-order valence-electron chi connectivity index (χ3n) is 3.35. The van der Waals surface area contributed by atoms with Crippen LogP contribution in [0.3, 0.4) is 0 Å². The van der Waals surface area contributed by atoms with Gasteiger partial charge in [-0.25, -0.2) is 0 Å². The minimum Gasteiger partial charge on any atom is -0.508 e. The minimum atomic E-state index is -0.158. The summed E-state index contributed by atoms with van der Waals surface area (Å²) in [5.74, 6) is 1.13. The Labute approximate surface area is 135 Å². The third kappa shape index (κ3) is 4.03. The van der Waals surface area contributed by atoms with Crippen molar-refractivity contribution in [2.24, 2.45) is 0 Å². The van der Waals surface area contributed by atoms with Crippen LogP contribution in [0.25, 0.3) is 0 Å². The van der Waals surface area contributed by atoms with E-state index in [2.05, 4.69) is 5.32 Å². The van der Waals surface area contributed by atoms with Crippen molar-refractivity contribution in [1.29, 1.82) is 0 Å². The van der Waals surface area contributed by atoms with E-state index in [1.807, 2.05) is 6.92 Å². The Balaban J connectivity index is 2.09. The summed E-state index contributed by atoms with van der Waals surface area (Å²) in [5.41, 5.74) is 2.20. The van der Waals surface area contributed by atoms with Crippen LogP contribution in [0, 0.1) is 6.92 Å². The van der Waals surface area contributed by atoms with Crippen LogP contribution in [0.1, 0.15) is 15.9 Å². The zero-order chi connectivity index (χ0) is 16.8. The van der Waals surface area contributed by atoms with Gasteiger partial charge in [0.2, 0.25) is 0 Å². The lowest BCUT2D eigenvalue weighted by molar-refractivity contribution is 0.104. The van der Waals surface area contributed by atoms with Crippen molar-refractivity contribution in [1.82, 2.24) is 0 Å². The number of carbonyl (C=O) groups is 1. The molecule has 0 aliphatic rings. The second-order valence-electron chi connectivity index (χ2n) is 4.91. The Morgan fingerprint density at radius 3 is 2.48 bits per heavy atom. The smallest absolute Gasteiger partial charge is 0.187 e. The Kier molecular flexibility index (Phi) is 5.25. The fraction of sp³-hybridized carbons (Fsp3) is 0.167. The van der Waals surface area contributed by atoms with Crippen LogP contribution in [0.15, 0.2) is 48.7 Å². The Hall–Kier alpha value is -2.95. The molecule has 2 aromatic carbocycles. The number of hydrogen-bond donors (Lipinski definition) is 2. The molecule has 0 heterocycles. The summed E-state index contributed by atoms with van der Waals surface area (Å²) in [7, 11) is 3.07. The van der Waals surface area contributed by atoms with Gasteiger partial charge in [-0.05, 0) is 48.9 Å². The van der Waals surface area contributed by atoms with Gasteiger partial charge in [-0.1, -0.05) is 0 Å². The van der Waals surface area contributed by atoms with E-state index in [0.29, 0.717) is 17.1 Å². The van der Waals surface area contributed by atoms with Gasteiger partial charge in [0.25, 0.3) is 0 Å². The number of phenols is 1. The highest BCUT2D eigenvalue weighted by Gasteiger charge is 2.08. The maximum absolute atomic E-state index is 12.2. The van der Waals surface area contributed by atoms with E-state index >= 15 is 0 Å². The lowest BCUT2D eigenvalue weighted by Crippen LogP contribution is -1.99. The number of hydrogen-bond acceptors (Lipinski definition) is 5. The van der Waals surface area contributed by atoms with Gasteiger partial charge in [-0.2, -0.15) is 0 Å². The van der Waals surface area contributed by atoms with Crippen LogP contribution in [0.2, 0.25) is 0 Å². The summed E-state index contributed by atoms with van der Waals surface area (Å²) in [6.45, 7) is 1.87. The van der Waals surface area contributed by atoms with Crippen molar-refractivity contribution in [3.8, 4) is 17.2 Å². The molecule has 0 fully saturated rings. The van der Waals surface area contributed by atoms with E-state index in [9.17, 15) is 9.90 Å². The van der Waals surface area contributed by atoms with Gasteiger partial charge in [0.05, 0.1) is 14.2 Å². The first-order valence-corrected chi connectivity index (χ1v) is 7.04. The van der Waals surface area contributed by atoms with Crippen molar-refractivity contribution in [2.45, 2.75) is 6.92 Å². The largest absolute Gasteiger partial charge is 0.508 e. The zero-order valence-electron chi connectivity index (χ0n) is 13.3. The topological polar surface area (TPSA) is 67.8 Å². The second kappa shape index (κ2) is 7.35. The number of phenolic OH excluding ortho intramolecular Hbond substituents is 1. The molecule has 2 rings (SSSR count). The standard InChI is InChI=1S/C18H19NO4/c1-12-10-14(20)5-6-15(12)19-9-8-16(21)13-4-7-17(22-2)18(11-13)23-3/h4-11,19-20H,1-3H3. The second-order valence-corrected chi connectivity index (χ2v) is 4.91. The molecule has 0 bridgehead atoms. The normalized spacial score (nSPS) is 10.6. The molecule has 0 aliphatic heterocycles. The minimum absolute atomic E-state index is 0.158. The Bertz CT molecular complexity index is 738. The number of anilines is 1. The van der Waals surface area contributed by atoms with E-state index in [1.165, 1.54) is 13.2 Å². The van der Waals surface area contributed by atoms with Crippen LogP contribution in [0.4, 0.5) is 5.69 Å². The number of methoxy groups -OCH3 is 2. The average Bonchev–Trinajstić information content (AvgIpc) is 2.56. The Morgan fingerprint density at radius 2 is 1.83 bits per heavy atom. The van der Waals surface area contributed by atoms with E-state index in [4.69, 9.17) is 9.47 Å². The molecule has 0 amide bonds. The molecule has 2 aromatic rings. The third-order valence-corrected chi connectivity index (χ3v) is 3.35. The molecule has 2 N–H and O–H groups in total. The van der Waals surface area contributed by atoms with Crippen molar-refractivity contribution < 1.29 is 19.4 Å². The number of carbonyl (C=O) groups excluding carboxylic acids is 1. The van der Waals surface area contributed by atoms with Crippen LogP contribution in [-0.2, 0) is 0 Å². The van der Waals surface area contributed by atoms with E-state index in [0.717, 1.165) is 11.3 Å². The predicted octanol–water partition coefficient (Wildman–Crippen LogP) is 3.53. The molecule has 0 saturated carbocycles. The molecule has 0 spiro atoms. The summed E-state index contributed by atoms with van der Waals surface area (Å²) in [6, 6.07) is 9.98. The van der Waals surface area contributed by atoms with Crippen LogP contribution in [-0.4, -0.2) is 25.1 Å². The predicted molar refractivity (Wildman–Crippen MR) is 89.5 cm³/mol. The first kappa shape index (κ1) is 16.4. The molecule has 0 atom stereocenters. The van der Waals surface area contributed by atoms with Gasteiger partial charge in [0, 0.05) is 23.5 Å². The van der Waals surface area contributed by atoms with E-state index in [-0.39, 0.29) is 11.5 Å². The quantitative estimate of drug-likeness (QED) is 0.485. The molecule has 0 aromatic heterocycles. The summed E-state index contributed by atoms with van der Waals surface area (Å²) >= 11 is 0. The monoisotopic (exact) mass is 313 g/mol. The lowest BCUT2D eigenvalue weighted by Gasteiger charge is -2.08. The first-order valence-electron chi connectivity index (χ1n) is 7.04. The van der Waals surface area contributed by atoms with E-state index in [1.54, 1.807) is 49.7 Å². The summed E-state index contributed by atoms with van der Waals surface area (Å²) in [6.07, 6.45) is 3.01. The highest BCUT2D eigenvalue weighted by molar-refractivity contribution is 6.05. The fourth-order valence-electron chi connectivity index (χ4n) is 2.10. The molecule has 5 heteroatoms. The molecule has 23 heavy (non-hydrogen) atoms. The number of aromatic hydroxyl groups is 1. The molecular formula is C18H19NO4.